The molecule has 0 saturated heterocycles. The summed E-state index contributed by atoms with van der Waals surface area (Å²) >= 11 is 0. The first-order valence-corrected chi connectivity index (χ1v) is 21.7. The second kappa shape index (κ2) is 14.6. The molecule has 2 aromatic heterocycles. The van der Waals surface area contributed by atoms with E-state index < -0.39 is 8.07 Å². The SMILES string of the molecule is CC1C=Cc2c(n(-c3cccc(-c4nc(-c5ccccc5)nc(-c5cccc([Si](c6ccccc6)(c6ccccc6)c6ccccc6)c5)n4)c3)c3ccccc23)C1. The smallest absolute Gasteiger partial charge is 0.179 e. The fourth-order valence-corrected chi connectivity index (χ4v) is 13.5. The highest BCUT2D eigenvalue weighted by Gasteiger charge is 2.41. The molecule has 0 spiro atoms. The van der Waals surface area contributed by atoms with Gasteiger partial charge in [0.05, 0.1) is 5.52 Å². The van der Waals surface area contributed by atoms with Gasteiger partial charge in [-0.2, -0.15) is 0 Å². The molecule has 0 radical (unpaired) electrons. The Kier molecular flexibility index (Phi) is 8.85. The lowest BCUT2D eigenvalue weighted by Crippen LogP contribution is -2.74. The normalized spacial score (nSPS) is 13.7. The molecule has 10 rings (SSSR count). The van der Waals surface area contributed by atoms with E-state index in [9.17, 15) is 0 Å². The first kappa shape index (κ1) is 34.5. The van der Waals surface area contributed by atoms with Gasteiger partial charge < -0.3 is 4.57 Å². The summed E-state index contributed by atoms with van der Waals surface area (Å²) in [5.74, 6) is 2.40. The first-order chi connectivity index (χ1) is 28.2. The van der Waals surface area contributed by atoms with E-state index in [2.05, 4.69) is 200 Å². The Bertz CT molecular complexity index is 2790. The van der Waals surface area contributed by atoms with Crippen LogP contribution in [0.3, 0.4) is 0 Å². The highest BCUT2D eigenvalue weighted by atomic mass is 28.3. The molecule has 5 heteroatoms. The minimum absolute atomic E-state index is 0.464. The van der Waals surface area contributed by atoms with Gasteiger partial charge in [-0.3, -0.25) is 0 Å². The quantitative estimate of drug-likeness (QED) is 0.115. The molecule has 0 saturated carbocycles. The second-order valence-corrected chi connectivity index (χ2v) is 18.7. The van der Waals surface area contributed by atoms with Crippen LogP contribution < -0.4 is 20.7 Å². The molecule has 2 heterocycles. The number of para-hydroxylation sites is 1. The minimum atomic E-state index is -2.78. The van der Waals surface area contributed by atoms with Crippen LogP contribution in [0.15, 0.2) is 200 Å². The van der Waals surface area contributed by atoms with Gasteiger partial charge in [0, 0.05) is 39.0 Å². The number of nitrogens with zero attached hydrogens (tertiary/aromatic N) is 4. The Morgan fingerprint density at radius 2 is 0.947 bits per heavy atom. The van der Waals surface area contributed by atoms with Crippen LogP contribution in [0, 0.1) is 5.92 Å². The van der Waals surface area contributed by atoms with Gasteiger partial charge in [0.15, 0.2) is 25.5 Å². The third-order valence-corrected chi connectivity index (χ3v) is 16.1. The van der Waals surface area contributed by atoms with Crippen LogP contribution in [0.5, 0.6) is 0 Å². The zero-order chi connectivity index (χ0) is 38.2. The van der Waals surface area contributed by atoms with Gasteiger partial charge in [-0.25, -0.2) is 15.0 Å². The van der Waals surface area contributed by atoms with Gasteiger partial charge >= 0.3 is 0 Å². The van der Waals surface area contributed by atoms with Crippen molar-refractivity contribution in [3.05, 3.63) is 211 Å². The third kappa shape index (κ3) is 6.13. The van der Waals surface area contributed by atoms with Crippen molar-refractivity contribution in [2.45, 2.75) is 13.3 Å². The molecule has 9 aromatic rings. The topological polar surface area (TPSA) is 43.6 Å². The molecule has 0 fully saturated rings. The van der Waals surface area contributed by atoms with Crippen molar-refractivity contribution in [2.24, 2.45) is 5.92 Å². The standard InChI is InChI=1S/C52H40N4Si/c1-37-32-33-47-46-30-14-15-31-48(46)56(49(47)34-37)41-22-16-20-39(35-41)51-53-50(38-18-6-2-7-19-38)54-52(55-51)40-21-17-29-45(36-40)57(42-23-8-3-9-24-42,43-25-10-4-11-26-43)44-27-12-5-13-28-44/h2-33,35-37H,34H2,1H3. The fraction of sp³-hybridized carbons (Fsp3) is 0.0577. The average molecular weight is 749 g/mol. The maximum Gasteiger partial charge on any atom is 0.179 e. The Labute approximate surface area is 334 Å². The van der Waals surface area contributed by atoms with E-state index >= 15 is 0 Å². The number of rotatable bonds is 8. The molecule has 1 unspecified atom stereocenters. The van der Waals surface area contributed by atoms with E-state index in [-0.39, 0.29) is 0 Å². The van der Waals surface area contributed by atoms with E-state index in [4.69, 9.17) is 15.0 Å². The largest absolute Gasteiger partial charge is 0.313 e. The lowest BCUT2D eigenvalue weighted by atomic mass is 9.95. The van der Waals surface area contributed by atoms with Gasteiger partial charge in [0.25, 0.3) is 0 Å². The van der Waals surface area contributed by atoms with Gasteiger partial charge in [-0.15, -0.1) is 0 Å². The summed E-state index contributed by atoms with van der Waals surface area (Å²) in [5, 5.41) is 6.50. The van der Waals surface area contributed by atoms with Gasteiger partial charge in [-0.05, 0) is 51.3 Å². The number of benzene rings is 7. The second-order valence-electron chi connectivity index (χ2n) is 14.9. The van der Waals surface area contributed by atoms with Crippen LogP contribution >= 0.6 is 0 Å². The fourth-order valence-electron chi connectivity index (χ4n) is 8.72. The van der Waals surface area contributed by atoms with E-state index in [0.717, 1.165) is 28.8 Å². The Morgan fingerprint density at radius 1 is 0.474 bits per heavy atom. The Balaban J connectivity index is 1.17. The van der Waals surface area contributed by atoms with E-state index in [0.29, 0.717) is 23.4 Å². The molecule has 0 bridgehead atoms. The number of fused-ring (bicyclic) bond motifs is 3. The molecule has 4 nitrogen and oxygen atoms in total. The van der Waals surface area contributed by atoms with Gasteiger partial charge in [-0.1, -0.05) is 195 Å². The molecule has 0 amide bonds. The van der Waals surface area contributed by atoms with Gasteiger partial charge in [0.1, 0.15) is 0 Å². The zero-order valence-electron chi connectivity index (χ0n) is 31.7. The lowest BCUT2D eigenvalue weighted by molar-refractivity contribution is 0.690. The summed E-state index contributed by atoms with van der Waals surface area (Å²) in [5.41, 5.74) is 7.80. The van der Waals surface area contributed by atoms with Crippen molar-refractivity contribution >= 4 is 45.8 Å². The van der Waals surface area contributed by atoms with Crippen LogP contribution in [0.2, 0.25) is 0 Å². The summed E-state index contributed by atoms with van der Waals surface area (Å²) in [6.07, 6.45) is 5.61. The summed E-state index contributed by atoms with van der Waals surface area (Å²) in [7, 11) is -2.78. The molecule has 1 atom stereocenters. The molecule has 7 aromatic carbocycles. The van der Waals surface area contributed by atoms with Crippen molar-refractivity contribution in [2.75, 3.05) is 0 Å². The maximum absolute atomic E-state index is 5.30. The predicted octanol–water partition coefficient (Wildman–Crippen LogP) is 9.40. The highest BCUT2D eigenvalue weighted by Crippen LogP contribution is 2.36. The van der Waals surface area contributed by atoms with Crippen molar-refractivity contribution in [3.8, 4) is 39.9 Å². The van der Waals surface area contributed by atoms with E-state index in [1.165, 1.54) is 42.9 Å². The molecule has 1 aliphatic rings. The highest BCUT2D eigenvalue weighted by molar-refractivity contribution is 7.19. The number of hydrogen-bond acceptors (Lipinski definition) is 3. The molecule has 57 heavy (non-hydrogen) atoms. The van der Waals surface area contributed by atoms with Crippen LogP contribution in [-0.4, -0.2) is 27.6 Å². The van der Waals surface area contributed by atoms with Crippen LogP contribution in [0.25, 0.3) is 56.8 Å². The minimum Gasteiger partial charge on any atom is -0.313 e. The Hall–Kier alpha value is -6.95. The maximum atomic E-state index is 5.30. The summed E-state index contributed by atoms with van der Waals surface area (Å²) in [6.45, 7) is 2.29. The lowest BCUT2D eigenvalue weighted by Gasteiger charge is -2.34. The summed E-state index contributed by atoms with van der Waals surface area (Å²) in [6, 6.07) is 69.6. The average Bonchev–Trinajstić information content (AvgIpc) is 3.61. The number of allylic oxidation sites excluding steroid dienone is 1. The molecular formula is C52H40N4Si. The molecular weight excluding hydrogens is 709 g/mol. The molecule has 1 aliphatic carbocycles. The van der Waals surface area contributed by atoms with Crippen LogP contribution in [0.1, 0.15) is 18.2 Å². The predicted molar refractivity (Wildman–Crippen MR) is 238 cm³/mol. The van der Waals surface area contributed by atoms with Crippen molar-refractivity contribution in [1.29, 1.82) is 0 Å². The third-order valence-electron chi connectivity index (χ3n) is 11.3. The van der Waals surface area contributed by atoms with Crippen LogP contribution in [-0.2, 0) is 6.42 Å². The number of aromatic nitrogens is 4. The van der Waals surface area contributed by atoms with Crippen molar-refractivity contribution in [3.63, 3.8) is 0 Å². The van der Waals surface area contributed by atoms with Crippen LogP contribution in [0.4, 0.5) is 0 Å². The first-order valence-electron chi connectivity index (χ1n) is 19.7. The van der Waals surface area contributed by atoms with Crippen molar-refractivity contribution < 1.29 is 0 Å². The van der Waals surface area contributed by atoms with Crippen molar-refractivity contribution in [1.82, 2.24) is 19.5 Å². The van der Waals surface area contributed by atoms with Gasteiger partial charge in [0.2, 0.25) is 0 Å². The summed E-state index contributed by atoms with van der Waals surface area (Å²) < 4.78 is 2.43. The van der Waals surface area contributed by atoms with E-state index in [1.54, 1.807) is 0 Å². The number of hydrogen-bond donors (Lipinski definition) is 0. The zero-order valence-corrected chi connectivity index (χ0v) is 32.7. The molecule has 272 valence electrons. The molecule has 0 N–H and O–H groups in total. The Morgan fingerprint density at radius 3 is 1.56 bits per heavy atom. The van der Waals surface area contributed by atoms with E-state index in [1.807, 2.05) is 18.2 Å². The summed E-state index contributed by atoms with van der Waals surface area (Å²) in [4.78, 5) is 15.7. The molecule has 0 aliphatic heterocycles. The monoisotopic (exact) mass is 748 g/mol.